The average molecular weight is 625 g/mol. The Kier molecular flexibility index (Phi) is 10.5. The highest BCUT2D eigenvalue weighted by atomic mass is 32.1. The summed E-state index contributed by atoms with van der Waals surface area (Å²) >= 11 is 1.36. The van der Waals surface area contributed by atoms with Gasteiger partial charge < -0.3 is 25.0 Å². The minimum atomic E-state index is -0.963. The maximum atomic E-state index is 14.9. The standard InChI is InChI=1S/C31H37FN6O5S/c1-6-21-22(9-8-10-23(21)32)26-25(29(40)43-7-2)24(34-27(35-26)28-33-11-14-44-28)17-37-12-13-38(19-39)20(16-37)15-36(5)18-31(3,4)30(41)42/h1,8-11,14,19-20,26H,7,12-13,15-18H2,2-5H3,(H,34,35)(H,41,42)/t20-,26?/m1/s1. The van der Waals surface area contributed by atoms with Crippen LogP contribution in [0.3, 0.4) is 0 Å². The van der Waals surface area contributed by atoms with E-state index in [1.807, 2.05) is 11.9 Å². The van der Waals surface area contributed by atoms with Crippen LogP contribution in [0.5, 0.6) is 0 Å². The predicted molar refractivity (Wildman–Crippen MR) is 164 cm³/mol. The van der Waals surface area contributed by atoms with Crippen molar-refractivity contribution in [2.24, 2.45) is 10.4 Å². The number of hydrogen-bond acceptors (Lipinski definition) is 10. The van der Waals surface area contributed by atoms with Crippen LogP contribution in [0.1, 0.15) is 42.9 Å². The molecule has 0 radical (unpaired) electrons. The minimum absolute atomic E-state index is 0.00905. The molecule has 2 N–H and O–H groups in total. The monoisotopic (exact) mass is 624 g/mol. The van der Waals surface area contributed by atoms with Crippen LogP contribution in [-0.4, -0.2) is 108 Å². The highest BCUT2D eigenvalue weighted by Crippen LogP contribution is 2.35. The fourth-order valence-corrected chi connectivity index (χ4v) is 6.12. The molecule has 1 fully saturated rings. The SMILES string of the molecule is C#Cc1c(F)cccc1C1N=C(c2nccs2)NC(CN2CCN(C=O)[C@H](CN(C)CC(C)(C)C(=O)O)C2)=C1C(=O)OCC. The largest absolute Gasteiger partial charge is 0.481 e. The van der Waals surface area contributed by atoms with Gasteiger partial charge >= 0.3 is 11.9 Å². The number of carboxylic acid groups (broad SMARTS) is 1. The number of carboxylic acids is 1. The number of ether oxygens (including phenoxy) is 1. The number of halogens is 1. The second-order valence-electron chi connectivity index (χ2n) is 11.4. The van der Waals surface area contributed by atoms with E-state index in [4.69, 9.17) is 16.2 Å². The molecular weight excluding hydrogens is 587 g/mol. The Hall–Kier alpha value is -4.12. The summed E-state index contributed by atoms with van der Waals surface area (Å²) in [6.45, 7) is 7.58. The Bertz CT molecular complexity index is 1480. The van der Waals surface area contributed by atoms with Crippen molar-refractivity contribution >= 4 is 35.5 Å². The van der Waals surface area contributed by atoms with E-state index in [9.17, 15) is 23.9 Å². The zero-order valence-electron chi connectivity index (χ0n) is 25.2. The second-order valence-corrected chi connectivity index (χ2v) is 12.3. The molecule has 0 spiro atoms. The van der Waals surface area contributed by atoms with Crippen LogP contribution in [0.15, 0.2) is 46.0 Å². The van der Waals surface area contributed by atoms with Crippen molar-refractivity contribution < 1.29 is 28.6 Å². The zero-order valence-corrected chi connectivity index (χ0v) is 26.1. The molecule has 13 heteroatoms. The van der Waals surface area contributed by atoms with Gasteiger partial charge in [0.05, 0.1) is 29.2 Å². The van der Waals surface area contributed by atoms with Gasteiger partial charge in [0.2, 0.25) is 6.41 Å². The number of carbonyl (C=O) groups is 3. The number of benzene rings is 1. The highest BCUT2D eigenvalue weighted by Gasteiger charge is 2.37. The van der Waals surface area contributed by atoms with Crippen molar-refractivity contribution in [1.82, 2.24) is 25.0 Å². The summed E-state index contributed by atoms with van der Waals surface area (Å²) in [4.78, 5) is 52.1. The number of nitrogens with zero attached hydrogens (tertiary/aromatic N) is 5. The molecule has 0 saturated carbocycles. The van der Waals surface area contributed by atoms with Gasteiger partial charge in [0.25, 0.3) is 0 Å². The lowest BCUT2D eigenvalue weighted by molar-refractivity contribution is -0.148. The number of nitrogens with one attached hydrogen (secondary N) is 1. The number of aromatic nitrogens is 1. The molecule has 1 aromatic heterocycles. The Morgan fingerprint density at radius 1 is 1.36 bits per heavy atom. The minimum Gasteiger partial charge on any atom is -0.481 e. The van der Waals surface area contributed by atoms with Crippen molar-refractivity contribution in [2.45, 2.75) is 32.9 Å². The zero-order chi connectivity index (χ0) is 32.0. The molecule has 2 aliphatic heterocycles. The number of rotatable bonds is 12. The third kappa shape index (κ3) is 7.32. The molecule has 2 aliphatic rings. The van der Waals surface area contributed by atoms with Crippen LogP contribution >= 0.6 is 11.3 Å². The molecule has 2 atom stereocenters. The van der Waals surface area contributed by atoms with E-state index in [0.29, 0.717) is 54.8 Å². The van der Waals surface area contributed by atoms with E-state index < -0.39 is 29.2 Å². The lowest BCUT2D eigenvalue weighted by atomic mass is 9.91. The molecule has 4 rings (SSSR count). The van der Waals surface area contributed by atoms with Crippen molar-refractivity contribution in [3.8, 4) is 12.3 Å². The van der Waals surface area contributed by atoms with Gasteiger partial charge in [-0.1, -0.05) is 18.1 Å². The number of esters is 1. The molecule has 0 bridgehead atoms. The van der Waals surface area contributed by atoms with Crippen LogP contribution < -0.4 is 5.32 Å². The van der Waals surface area contributed by atoms with Gasteiger partial charge in [0, 0.05) is 56.5 Å². The van der Waals surface area contributed by atoms with Crippen LogP contribution in [0.2, 0.25) is 0 Å². The Morgan fingerprint density at radius 3 is 2.77 bits per heavy atom. The number of aliphatic carboxylic acids is 1. The molecule has 3 heterocycles. The van der Waals surface area contributed by atoms with E-state index >= 15 is 0 Å². The average Bonchev–Trinajstić information content (AvgIpc) is 3.52. The number of terminal acetylenes is 1. The van der Waals surface area contributed by atoms with Gasteiger partial charge in [-0.05, 0) is 39.4 Å². The third-order valence-corrected chi connectivity index (χ3v) is 8.42. The molecule has 1 aromatic carbocycles. The molecule has 1 unspecified atom stereocenters. The quantitative estimate of drug-likeness (QED) is 0.208. The van der Waals surface area contributed by atoms with Crippen LogP contribution in [0.4, 0.5) is 4.39 Å². The van der Waals surface area contributed by atoms with Crippen molar-refractivity contribution in [2.75, 3.05) is 52.9 Å². The van der Waals surface area contributed by atoms with Crippen molar-refractivity contribution in [3.05, 3.63) is 63.0 Å². The maximum Gasteiger partial charge on any atom is 0.338 e. The Morgan fingerprint density at radius 2 is 2.14 bits per heavy atom. The number of thiazole rings is 1. The number of hydrogen-bond donors (Lipinski definition) is 2. The number of amides is 1. The second kappa shape index (κ2) is 14.1. The van der Waals surface area contributed by atoms with E-state index in [2.05, 4.69) is 21.1 Å². The summed E-state index contributed by atoms with van der Waals surface area (Å²) in [6, 6.07) is 3.26. The summed E-state index contributed by atoms with van der Waals surface area (Å²) in [5.74, 6) is 0.730. The predicted octanol–water partition coefficient (Wildman–Crippen LogP) is 2.36. The molecule has 1 amide bonds. The molecule has 0 aliphatic carbocycles. The van der Waals surface area contributed by atoms with Gasteiger partial charge in [0.1, 0.15) is 11.9 Å². The summed E-state index contributed by atoms with van der Waals surface area (Å²) < 4.78 is 20.3. The van der Waals surface area contributed by atoms with Gasteiger partial charge in [-0.2, -0.15) is 0 Å². The van der Waals surface area contributed by atoms with Gasteiger partial charge in [-0.25, -0.2) is 14.2 Å². The van der Waals surface area contributed by atoms with Gasteiger partial charge in [-0.15, -0.1) is 17.8 Å². The van der Waals surface area contributed by atoms with Gasteiger partial charge in [0.15, 0.2) is 10.8 Å². The lowest BCUT2D eigenvalue weighted by Crippen LogP contribution is -2.57. The molecule has 2 aromatic rings. The normalized spacial score (nSPS) is 19.3. The Balaban J connectivity index is 1.70. The van der Waals surface area contributed by atoms with Crippen LogP contribution in [0.25, 0.3) is 0 Å². The van der Waals surface area contributed by atoms with Crippen molar-refractivity contribution in [1.29, 1.82) is 0 Å². The first-order valence-corrected chi connectivity index (χ1v) is 15.1. The number of amidine groups is 1. The van der Waals surface area contributed by atoms with Crippen LogP contribution in [0, 0.1) is 23.6 Å². The first-order chi connectivity index (χ1) is 21.0. The highest BCUT2D eigenvalue weighted by molar-refractivity contribution is 7.11. The molecular formula is C31H37FN6O5S. The Labute approximate surface area is 260 Å². The summed E-state index contributed by atoms with van der Waals surface area (Å²) in [6.07, 6.45) is 8.17. The van der Waals surface area contributed by atoms with E-state index in [-0.39, 0.29) is 30.3 Å². The summed E-state index contributed by atoms with van der Waals surface area (Å²) in [5.41, 5.74) is 0.128. The molecule has 1 saturated heterocycles. The van der Waals surface area contributed by atoms with E-state index in [1.54, 1.807) is 43.3 Å². The maximum absolute atomic E-state index is 14.9. The molecule has 44 heavy (non-hydrogen) atoms. The smallest absolute Gasteiger partial charge is 0.338 e. The molecule has 234 valence electrons. The molecule has 11 nitrogen and oxygen atoms in total. The van der Waals surface area contributed by atoms with Gasteiger partial charge in [-0.3, -0.25) is 19.5 Å². The first-order valence-electron chi connectivity index (χ1n) is 14.2. The fraction of sp³-hybridized carbons (Fsp3) is 0.452. The van der Waals surface area contributed by atoms with Crippen LogP contribution in [-0.2, 0) is 19.1 Å². The topological polar surface area (TPSA) is 128 Å². The first kappa shape index (κ1) is 32.8. The summed E-state index contributed by atoms with van der Waals surface area (Å²) in [7, 11) is 1.83. The third-order valence-electron chi connectivity index (χ3n) is 7.64. The number of piperazine rings is 1. The number of aliphatic imine (C=N–C) groups is 1. The van der Waals surface area contributed by atoms with E-state index in [0.717, 1.165) is 6.41 Å². The lowest BCUT2D eigenvalue weighted by Gasteiger charge is -2.42. The van der Waals surface area contributed by atoms with E-state index in [1.165, 1.54) is 23.5 Å². The summed E-state index contributed by atoms with van der Waals surface area (Å²) in [5, 5.41) is 15.3. The van der Waals surface area contributed by atoms with Crippen molar-refractivity contribution in [3.63, 3.8) is 0 Å². The fourth-order valence-electron chi connectivity index (χ4n) is 5.53. The number of likely N-dealkylation sites (N-methyl/N-ethyl adjacent to an activating group) is 1. The number of carbonyl (C=O) groups excluding carboxylic acids is 2.